The van der Waals surface area contributed by atoms with E-state index in [1.165, 1.54) is 5.56 Å². The van der Waals surface area contributed by atoms with E-state index in [2.05, 4.69) is 21.7 Å². The highest BCUT2D eigenvalue weighted by atomic mass is 16.6. The van der Waals surface area contributed by atoms with Gasteiger partial charge in [0, 0.05) is 32.7 Å². The zero-order valence-corrected chi connectivity index (χ0v) is 16.0. The van der Waals surface area contributed by atoms with Crippen LogP contribution in [0.3, 0.4) is 0 Å². The molecule has 1 aliphatic heterocycles. The summed E-state index contributed by atoms with van der Waals surface area (Å²) in [6.45, 7) is 4.44. The molecule has 0 spiro atoms. The molecule has 7 nitrogen and oxygen atoms in total. The van der Waals surface area contributed by atoms with Crippen LogP contribution in [0, 0.1) is 0 Å². The Morgan fingerprint density at radius 1 is 1.35 bits per heavy atom. The fraction of sp³-hybridized carbons (Fsp3) is 0.579. The lowest BCUT2D eigenvalue weighted by molar-refractivity contribution is 0.0963. The molecule has 1 fully saturated rings. The van der Waals surface area contributed by atoms with E-state index in [4.69, 9.17) is 9.47 Å². The fourth-order valence-corrected chi connectivity index (χ4v) is 2.96. The second-order valence-corrected chi connectivity index (χ2v) is 6.21. The molecule has 0 bridgehead atoms. The first-order valence-corrected chi connectivity index (χ1v) is 9.18. The Morgan fingerprint density at radius 3 is 2.77 bits per heavy atom. The van der Waals surface area contributed by atoms with Crippen molar-refractivity contribution in [1.82, 2.24) is 15.5 Å². The zero-order valence-electron chi connectivity index (χ0n) is 16.0. The summed E-state index contributed by atoms with van der Waals surface area (Å²) >= 11 is 0. The molecule has 0 aromatic heterocycles. The summed E-state index contributed by atoms with van der Waals surface area (Å²) in [4.78, 5) is 17.8. The molecule has 26 heavy (non-hydrogen) atoms. The maximum absolute atomic E-state index is 11.7. The van der Waals surface area contributed by atoms with E-state index in [-0.39, 0.29) is 6.09 Å². The van der Waals surface area contributed by atoms with E-state index in [9.17, 15) is 4.79 Å². The number of ether oxygens (including phenoxy) is 2. The van der Waals surface area contributed by atoms with Crippen molar-refractivity contribution in [3.05, 3.63) is 29.8 Å². The molecule has 1 amide bonds. The molecule has 144 valence electrons. The van der Waals surface area contributed by atoms with Gasteiger partial charge >= 0.3 is 6.09 Å². The van der Waals surface area contributed by atoms with Gasteiger partial charge in [-0.1, -0.05) is 12.1 Å². The highest BCUT2D eigenvalue weighted by Crippen LogP contribution is 2.13. The van der Waals surface area contributed by atoms with Gasteiger partial charge in [-0.25, -0.2) is 4.79 Å². The summed E-state index contributed by atoms with van der Waals surface area (Å²) in [5.74, 6) is 1.67. The van der Waals surface area contributed by atoms with Crippen molar-refractivity contribution in [2.45, 2.75) is 32.2 Å². The van der Waals surface area contributed by atoms with Gasteiger partial charge in [-0.3, -0.25) is 4.99 Å². The lowest BCUT2D eigenvalue weighted by atomic mass is 10.1. The number of nitrogens with one attached hydrogen (secondary N) is 2. The number of benzene rings is 1. The van der Waals surface area contributed by atoms with Crippen molar-refractivity contribution in [3.63, 3.8) is 0 Å². The lowest BCUT2D eigenvalue weighted by Gasteiger charge is -2.32. The van der Waals surface area contributed by atoms with Crippen molar-refractivity contribution < 1.29 is 14.3 Å². The van der Waals surface area contributed by atoms with E-state index in [1.54, 1.807) is 19.1 Å². The second-order valence-electron chi connectivity index (χ2n) is 6.21. The van der Waals surface area contributed by atoms with E-state index in [0.717, 1.165) is 37.5 Å². The number of rotatable bonds is 6. The summed E-state index contributed by atoms with van der Waals surface area (Å²) in [7, 11) is 3.45. The number of guanidine groups is 1. The normalized spacial score (nSPS) is 15.5. The highest BCUT2D eigenvalue weighted by Gasteiger charge is 2.23. The summed E-state index contributed by atoms with van der Waals surface area (Å²) in [6.07, 6.45) is 2.44. The Balaban J connectivity index is 1.72. The van der Waals surface area contributed by atoms with Crippen molar-refractivity contribution in [1.29, 1.82) is 0 Å². The number of hydrogen-bond donors (Lipinski definition) is 2. The Kier molecular flexibility index (Phi) is 8.05. The number of hydrogen-bond acceptors (Lipinski definition) is 4. The maximum Gasteiger partial charge on any atom is 0.409 e. The molecule has 1 heterocycles. The van der Waals surface area contributed by atoms with Gasteiger partial charge in [0.2, 0.25) is 0 Å². The first-order chi connectivity index (χ1) is 12.7. The number of aliphatic imine (C=N–C) groups is 1. The number of carbonyl (C=O) groups excluding carboxylic acids is 1. The predicted octanol–water partition coefficient (Wildman–Crippen LogP) is 2.02. The number of nitrogens with zero attached hydrogens (tertiary/aromatic N) is 2. The molecule has 2 N–H and O–H groups in total. The van der Waals surface area contributed by atoms with Gasteiger partial charge < -0.3 is 25.0 Å². The van der Waals surface area contributed by atoms with Gasteiger partial charge in [-0.15, -0.1) is 0 Å². The van der Waals surface area contributed by atoms with Gasteiger partial charge in [0.1, 0.15) is 5.75 Å². The third-order valence-electron chi connectivity index (χ3n) is 4.43. The van der Waals surface area contributed by atoms with Crippen LogP contribution < -0.4 is 15.4 Å². The minimum absolute atomic E-state index is 0.216. The van der Waals surface area contributed by atoms with Gasteiger partial charge in [0.05, 0.1) is 13.7 Å². The number of piperidine rings is 1. The Hall–Kier alpha value is -2.44. The van der Waals surface area contributed by atoms with Crippen molar-refractivity contribution in [2.24, 2.45) is 4.99 Å². The molecule has 1 aromatic carbocycles. The monoisotopic (exact) mass is 362 g/mol. The second kappa shape index (κ2) is 10.5. The summed E-state index contributed by atoms with van der Waals surface area (Å²) in [5, 5.41) is 6.79. The summed E-state index contributed by atoms with van der Waals surface area (Å²) in [5.41, 5.74) is 1.22. The summed E-state index contributed by atoms with van der Waals surface area (Å²) in [6, 6.07) is 8.39. The van der Waals surface area contributed by atoms with Crippen molar-refractivity contribution in [3.8, 4) is 5.75 Å². The molecule has 1 saturated heterocycles. The van der Waals surface area contributed by atoms with Crippen LogP contribution >= 0.6 is 0 Å². The number of carbonyl (C=O) groups is 1. The van der Waals surface area contributed by atoms with Crippen LogP contribution in [0.15, 0.2) is 29.3 Å². The Morgan fingerprint density at radius 2 is 2.12 bits per heavy atom. The Bertz CT molecular complexity index is 598. The third-order valence-corrected chi connectivity index (χ3v) is 4.43. The van der Waals surface area contributed by atoms with Gasteiger partial charge in [-0.2, -0.15) is 0 Å². The van der Waals surface area contributed by atoms with Gasteiger partial charge in [0.25, 0.3) is 0 Å². The molecular formula is C19H30N4O3. The van der Waals surface area contributed by atoms with E-state index in [0.29, 0.717) is 25.7 Å². The standard InChI is InChI=1S/C19H30N4O3/c1-4-26-19(24)23-12-9-16(10-13-23)22-18(20-2)21-11-8-15-6-5-7-17(14-15)25-3/h5-7,14,16H,4,8-13H2,1-3H3,(H2,20,21,22). The van der Waals surface area contributed by atoms with Crippen molar-refractivity contribution >= 4 is 12.1 Å². The number of methoxy groups -OCH3 is 1. The zero-order chi connectivity index (χ0) is 18.8. The molecule has 1 aromatic rings. The molecule has 0 atom stereocenters. The lowest BCUT2D eigenvalue weighted by Crippen LogP contribution is -2.50. The smallest absolute Gasteiger partial charge is 0.409 e. The van der Waals surface area contributed by atoms with Crippen LogP contribution in [-0.4, -0.2) is 63.4 Å². The average Bonchev–Trinajstić information content (AvgIpc) is 2.68. The van der Waals surface area contributed by atoms with E-state index in [1.807, 2.05) is 25.1 Å². The minimum Gasteiger partial charge on any atom is -0.497 e. The Labute approximate surface area is 155 Å². The molecule has 0 aliphatic carbocycles. The van der Waals surface area contributed by atoms with Crippen molar-refractivity contribution in [2.75, 3.05) is 40.4 Å². The van der Waals surface area contributed by atoms with Crippen LogP contribution in [0.5, 0.6) is 5.75 Å². The van der Waals surface area contributed by atoms with Crippen LogP contribution in [0.25, 0.3) is 0 Å². The first-order valence-electron chi connectivity index (χ1n) is 9.18. The molecule has 0 radical (unpaired) electrons. The minimum atomic E-state index is -0.216. The summed E-state index contributed by atoms with van der Waals surface area (Å²) < 4.78 is 10.3. The van der Waals surface area contributed by atoms with E-state index >= 15 is 0 Å². The quantitative estimate of drug-likeness (QED) is 0.598. The molecule has 0 unspecified atom stereocenters. The average molecular weight is 362 g/mol. The fourth-order valence-electron chi connectivity index (χ4n) is 2.96. The number of amides is 1. The molecule has 2 rings (SSSR count). The van der Waals surface area contributed by atoms with Crippen LogP contribution in [-0.2, 0) is 11.2 Å². The first kappa shape index (κ1) is 19.9. The topological polar surface area (TPSA) is 75.2 Å². The molecule has 1 aliphatic rings. The largest absolute Gasteiger partial charge is 0.497 e. The molecule has 7 heteroatoms. The van der Waals surface area contributed by atoms with E-state index < -0.39 is 0 Å². The van der Waals surface area contributed by atoms with Gasteiger partial charge in [0.15, 0.2) is 5.96 Å². The highest BCUT2D eigenvalue weighted by molar-refractivity contribution is 5.80. The van der Waals surface area contributed by atoms with Crippen LogP contribution in [0.4, 0.5) is 4.79 Å². The SMILES string of the molecule is CCOC(=O)N1CCC(NC(=NC)NCCc2cccc(OC)c2)CC1. The molecular weight excluding hydrogens is 332 g/mol. The number of likely N-dealkylation sites (tertiary alicyclic amines) is 1. The molecule has 0 saturated carbocycles. The third kappa shape index (κ3) is 6.13. The predicted molar refractivity (Wildman–Crippen MR) is 103 cm³/mol. The maximum atomic E-state index is 11.7. The van der Waals surface area contributed by atoms with Gasteiger partial charge in [-0.05, 0) is 43.9 Å². The van der Waals surface area contributed by atoms with Crippen LogP contribution in [0.1, 0.15) is 25.3 Å². The van der Waals surface area contributed by atoms with Crippen LogP contribution in [0.2, 0.25) is 0 Å².